The van der Waals surface area contributed by atoms with Gasteiger partial charge in [-0.05, 0) is 46.3 Å². The Hall–Kier alpha value is -5.09. The molecule has 8 atom stereocenters. The van der Waals surface area contributed by atoms with Crippen molar-refractivity contribution in [3.05, 3.63) is 69.2 Å². The summed E-state index contributed by atoms with van der Waals surface area (Å²) in [4.78, 5) is 66.4. The van der Waals surface area contributed by atoms with Crippen LogP contribution in [0.2, 0.25) is 0 Å². The van der Waals surface area contributed by atoms with E-state index in [-0.39, 0.29) is 61.9 Å². The molecule has 0 fully saturated rings. The van der Waals surface area contributed by atoms with Crippen LogP contribution in [0.25, 0.3) is 5.57 Å². The van der Waals surface area contributed by atoms with E-state index in [2.05, 4.69) is 5.32 Å². The first-order valence-corrected chi connectivity index (χ1v) is 17.7. The third-order valence-electron chi connectivity index (χ3n) is 10.4. The van der Waals surface area contributed by atoms with E-state index in [0.29, 0.717) is 0 Å². The highest BCUT2D eigenvalue weighted by Crippen LogP contribution is 2.53. The molecular formula is C40H49NO14. The Bertz CT molecular complexity index is 1960. The van der Waals surface area contributed by atoms with Gasteiger partial charge in [-0.3, -0.25) is 24.0 Å². The van der Waals surface area contributed by atoms with Crippen molar-refractivity contribution in [3.8, 4) is 11.5 Å². The van der Waals surface area contributed by atoms with Crippen LogP contribution >= 0.6 is 0 Å². The van der Waals surface area contributed by atoms with Crippen LogP contribution in [0.3, 0.4) is 0 Å². The lowest BCUT2D eigenvalue weighted by atomic mass is 9.75. The van der Waals surface area contributed by atoms with Gasteiger partial charge in [0.25, 0.3) is 5.91 Å². The highest BCUT2D eigenvalue weighted by atomic mass is 16.7. The van der Waals surface area contributed by atoms with Crippen molar-refractivity contribution in [2.24, 2.45) is 23.7 Å². The van der Waals surface area contributed by atoms with Crippen molar-refractivity contribution in [2.45, 2.75) is 86.2 Å². The Labute approximate surface area is 318 Å². The molecule has 15 nitrogen and oxygen atoms in total. The fraction of sp³-hybridized carbons (Fsp3) is 0.475. The van der Waals surface area contributed by atoms with Crippen LogP contribution in [-0.4, -0.2) is 92.8 Å². The number of benzene rings is 1. The number of aromatic hydroxyl groups is 1. The largest absolute Gasteiger partial charge is 0.505 e. The summed E-state index contributed by atoms with van der Waals surface area (Å²) < 4.78 is 22.2. The van der Waals surface area contributed by atoms with E-state index >= 15 is 0 Å². The maximum atomic E-state index is 14.0. The van der Waals surface area contributed by atoms with Gasteiger partial charge < -0.3 is 49.8 Å². The molecule has 3 aliphatic heterocycles. The van der Waals surface area contributed by atoms with Crippen molar-refractivity contribution >= 4 is 40.7 Å². The van der Waals surface area contributed by atoms with E-state index in [1.54, 1.807) is 0 Å². The number of ether oxygens (including phenoxy) is 4. The first kappa shape index (κ1) is 42.6. The molecule has 5 rings (SSSR count). The molecule has 1 amide bonds. The summed E-state index contributed by atoms with van der Waals surface area (Å²) >= 11 is 0. The van der Waals surface area contributed by atoms with Gasteiger partial charge in [0.05, 0.1) is 42.2 Å². The maximum absolute atomic E-state index is 14.0. The van der Waals surface area contributed by atoms with E-state index < -0.39 is 89.5 Å². The van der Waals surface area contributed by atoms with E-state index in [1.807, 2.05) is 0 Å². The Morgan fingerprint density at radius 2 is 1.56 bits per heavy atom. The van der Waals surface area contributed by atoms with Gasteiger partial charge in [-0.25, -0.2) is 0 Å². The van der Waals surface area contributed by atoms with Gasteiger partial charge in [-0.15, -0.1) is 0 Å². The molecule has 0 aromatic heterocycles. The number of carbonyl (C=O) groups excluding carboxylic acids is 5. The zero-order chi connectivity index (χ0) is 41.4. The number of hydrogen-bond donors (Lipinski definition) is 6. The van der Waals surface area contributed by atoms with Gasteiger partial charge in [0.1, 0.15) is 34.6 Å². The summed E-state index contributed by atoms with van der Waals surface area (Å²) in [7, 11) is 1.04. The lowest BCUT2D eigenvalue weighted by Gasteiger charge is -2.38. The molecule has 0 saturated heterocycles. The Balaban J connectivity index is 2.07. The van der Waals surface area contributed by atoms with E-state index in [9.17, 15) is 49.5 Å². The SMILES string of the molecule is COC(=O)[C@H]1[C@H](O)[C@H](C)[C@@H](O)[C@](C)(O)/C=C(/C)C2=C3C(=C(C)C(=O)c4c(O)c(c(C)c(OC(C)=O)c43)NC(=O)/C(C)=C\C=C\[C@@H](C)C(=O)[C@@H](C)[C@H]1O)OCO2. The number of ketones is 2. The standard InChI is InChI=1S/C40H49NO14/c1-16-12-11-13-17(2)38(49)41-28-19(4)36(55-23(8)42)24-25(33(28)47)31(45)21(6)35-26(24)34(53-15-54-35)18(3)14-40(9,51)37(48)22(7)32(46)27(39(50)52-10)30(44)20(5)29(16)43/h11-14,16,20,22,27,30,32,37,44,46-48,51H,15H2,1-10H3,(H,41,49)/b12-11+,17-13-,18-14-/t16-,20-,22+,27-,30-,32-,37-,40-/m1/s1. The van der Waals surface area contributed by atoms with Gasteiger partial charge in [-0.2, -0.15) is 0 Å². The molecule has 0 unspecified atom stereocenters. The second kappa shape index (κ2) is 16.3. The van der Waals surface area contributed by atoms with Gasteiger partial charge in [0.15, 0.2) is 11.5 Å². The number of carbonyl (C=O) groups is 5. The van der Waals surface area contributed by atoms with Crippen molar-refractivity contribution in [1.82, 2.24) is 0 Å². The number of amides is 1. The molecule has 3 heterocycles. The minimum Gasteiger partial charge on any atom is -0.505 e. The molecule has 4 bridgehead atoms. The number of Topliss-reactive ketones (excluding diaryl/α,β-unsaturated/α-hetero) is 2. The number of hydrogen-bond acceptors (Lipinski definition) is 14. The summed E-state index contributed by atoms with van der Waals surface area (Å²) in [6.45, 7) is 12.0. The van der Waals surface area contributed by atoms with E-state index in [4.69, 9.17) is 18.9 Å². The Morgan fingerprint density at radius 3 is 2.16 bits per heavy atom. The van der Waals surface area contributed by atoms with Crippen molar-refractivity contribution in [2.75, 3.05) is 19.2 Å². The van der Waals surface area contributed by atoms with Crippen molar-refractivity contribution in [3.63, 3.8) is 0 Å². The number of phenolic OH excluding ortho intramolecular Hbond substituents is 1. The molecular weight excluding hydrogens is 718 g/mol. The average Bonchev–Trinajstić information content (AvgIpc) is 3.13. The van der Waals surface area contributed by atoms with Crippen LogP contribution in [0.4, 0.5) is 5.69 Å². The zero-order valence-corrected chi connectivity index (χ0v) is 32.5. The first-order chi connectivity index (χ1) is 25.6. The molecule has 1 aromatic rings. The Kier molecular flexibility index (Phi) is 12.7. The average molecular weight is 768 g/mol. The number of anilines is 1. The molecule has 15 heteroatoms. The third kappa shape index (κ3) is 8.01. The van der Waals surface area contributed by atoms with E-state index in [1.165, 1.54) is 79.7 Å². The molecule has 1 aliphatic carbocycles. The monoisotopic (exact) mass is 767 g/mol. The molecule has 0 spiro atoms. The minimum atomic E-state index is -2.19. The minimum absolute atomic E-state index is 0.00714. The number of allylic oxidation sites excluding steroid dienone is 6. The molecule has 1 aromatic carbocycles. The van der Waals surface area contributed by atoms with Gasteiger partial charge in [0.2, 0.25) is 6.79 Å². The Morgan fingerprint density at radius 1 is 0.945 bits per heavy atom. The summed E-state index contributed by atoms with van der Waals surface area (Å²) in [5.74, 6) is -9.80. The fourth-order valence-corrected chi connectivity index (χ4v) is 7.13. The highest BCUT2D eigenvalue weighted by molar-refractivity contribution is 6.21. The number of rotatable bonds is 2. The second-order valence-corrected chi connectivity index (χ2v) is 14.5. The summed E-state index contributed by atoms with van der Waals surface area (Å²) in [5, 5.41) is 60.4. The summed E-state index contributed by atoms with van der Waals surface area (Å²) in [6, 6.07) is 0. The highest BCUT2D eigenvalue weighted by Gasteiger charge is 2.47. The van der Waals surface area contributed by atoms with E-state index in [0.717, 1.165) is 14.0 Å². The van der Waals surface area contributed by atoms with Gasteiger partial charge in [0, 0.05) is 47.0 Å². The second-order valence-electron chi connectivity index (χ2n) is 14.5. The number of aliphatic hydroxyl groups is 4. The third-order valence-corrected chi connectivity index (χ3v) is 10.4. The molecule has 0 saturated carbocycles. The first-order valence-electron chi connectivity index (χ1n) is 17.7. The quantitative estimate of drug-likeness (QED) is 0.144. The number of nitrogens with one attached hydrogen (secondary N) is 1. The maximum Gasteiger partial charge on any atom is 0.313 e. The smallest absolute Gasteiger partial charge is 0.313 e. The zero-order valence-electron chi connectivity index (χ0n) is 32.5. The number of methoxy groups -OCH3 is 1. The molecule has 298 valence electrons. The number of fused-ring (bicyclic) bond motifs is 14. The topological polar surface area (TPSA) is 235 Å². The van der Waals surface area contributed by atoms with Crippen LogP contribution in [-0.2, 0) is 33.4 Å². The van der Waals surface area contributed by atoms with Crippen LogP contribution < -0.4 is 10.1 Å². The molecule has 4 aliphatic rings. The molecule has 55 heavy (non-hydrogen) atoms. The number of esters is 2. The van der Waals surface area contributed by atoms with Crippen molar-refractivity contribution in [1.29, 1.82) is 0 Å². The van der Waals surface area contributed by atoms with Crippen LogP contribution in [0.5, 0.6) is 11.5 Å². The van der Waals surface area contributed by atoms with Crippen LogP contribution in [0.1, 0.15) is 76.9 Å². The molecule has 6 N–H and O–H groups in total. The lowest BCUT2D eigenvalue weighted by molar-refractivity contribution is -0.166. The van der Waals surface area contributed by atoms with Gasteiger partial charge in [-0.1, -0.05) is 39.0 Å². The number of aliphatic hydroxyl groups excluding tert-OH is 3. The number of phenols is 1. The van der Waals surface area contributed by atoms with Crippen LogP contribution in [0, 0.1) is 30.6 Å². The molecule has 0 radical (unpaired) electrons. The van der Waals surface area contributed by atoms with Crippen molar-refractivity contribution < 1.29 is 68.5 Å². The predicted octanol–water partition coefficient (Wildman–Crippen LogP) is 3.31. The van der Waals surface area contributed by atoms with Crippen LogP contribution in [0.15, 0.2) is 52.5 Å². The summed E-state index contributed by atoms with van der Waals surface area (Å²) in [6.07, 6.45) is 0.0247. The predicted molar refractivity (Wildman–Crippen MR) is 197 cm³/mol. The fourth-order valence-electron chi connectivity index (χ4n) is 7.13. The summed E-state index contributed by atoms with van der Waals surface area (Å²) in [5.41, 5.74) is -2.46. The van der Waals surface area contributed by atoms with Gasteiger partial charge >= 0.3 is 11.9 Å². The lowest BCUT2D eigenvalue weighted by Crippen LogP contribution is -2.52. The normalized spacial score (nSPS) is 32.0.